The normalized spacial score (nSPS) is 25.8. The van der Waals surface area contributed by atoms with Crippen LogP contribution in [0.1, 0.15) is 45.4 Å². The second-order valence-corrected chi connectivity index (χ2v) is 6.96. The van der Waals surface area contributed by atoms with E-state index in [9.17, 15) is 4.79 Å². The Kier molecular flexibility index (Phi) is 7.12. The van der Waals surface area contributed by atoms with Crippen LogP contribution in [0.15, 0.2) is 0 Å². The van der Waals surface area contributed by atoms with Crippen LogP contribution in [0.3, 0.4) is 0 Å². The highest BCUT2D eigenvalue weighted by molar-refractivity contribution is 5.85. The molecule has 0 saturated carbocycles. The van der Waals surface area contributed by atoms with E-state index in [1.807, 2.05) is 0 Å². The Morgan fingerprint density at radius 3 is 2.82 bits per heavy atom. The minimum Gasteiger partial charge on any atom is -0.368 e. The van der Waals surface area contributed by atoms with Gasteiger partial charge in [-0.1, -0.05) is 6.92 Å². The van der Waals surface area contributed by atoms with Gasteiger partial charge in [-0.3, -0.25) is 4.79 Å². The number of carbonyl (C=O) groups is 1. The van der Waals surface area contributed by atoms with Crippen molar-refractivity contribution < 1.29 is 9.53 Å². The van der Waals surface area contributed by atoms with Crippen molar-refractivity contribution in [1.82, 2.24) is 15.5 Å². The Labute approximate surface area is 135 Å². The molecule has 1 amide bonds. The molecule has 5 heteroatoms. The maximum Gasteiger partial charge on any atom is 0.252 e. The third-order valence-electron chi connectivity index (χ3n) is 5.14. The SMILES string of the molecule is COC1(C(=O)NCCCCN2CCCC(C)C2)CCNCC1. The summed E-state index contributed by atoms with van der Waals surface area (Å²) >= 11 is 0. The molecule has 22 heavy (non-hydrogen) atoms. The van der Waals surface area contributed by atoms with Gasteiger partial charge in [-0.15, -0.1) is 0 Å². The number of amides is 1. The van der Waals surface area contributed by atoms with E-state index in [0.29, 0.717) is 0 Å². The van der Waals surface area contributed by atoms with Crippen LogP contribution in [-0.4, -0.2) is 62.8 Å². The standard InChI is InChI=1S/C17H33N3O2/c1-15-6-5-13-20(14-15)12-4-3-9-19-16(21)17(22-2)7-10-18-11-8-17/h15,18H,3-14H2,1-2H3,(H,19,21). The average molecular weight is 311 g/mol. The van der Waals surface area contributed by atoms with Gasteiger partial charge in [0, 0.05) is 20.2 Å². The summed E-state index contributed by atoms with van der Waals surface area (Å²) in [5, 5.41) is 6.36. The Balaban J connectivity index is 1.60. The second kappa shape index (κ2) is 8.85. The van der Waals surface area contributed by atoms with Crippen molar-refractivity contribution >= 4 is 5.91 Å². The van der Waals surface area contributed by atoms with Crippen molar-refractivity contribution in [3.63, 3.8) is 0 Å². The van der Waals surface area contributed by atoms with Gasteiger partial charge in [-0.2, -0.15) is 0 Å². The number of hydrogen-bond acceptors (Lipinski definition) is 4. The molecule has 1 unspecified atom stereocenters. The number of hydrogen-bond donors (Lipinski definition) is 2. The first kappa shape index (κ1) is 17.7. The van der Waals surface area contributed by atoms with Gasteiger partial charge < -0.3 is 20.3 Å². The monoisotopic (exact) mass is 311 g/mol. The number of rotatable bonds is 7. The fourth-order valence-electron chi connectivity index (χ4n) is 3.67. The molecule has 2 saturated heterocycles. The lowest BCUT2D eigenvalue weighted by molar-refractivity contribution is -0.146. The molecule has 2 aliphatic heterocycles. The quantitative estimate of drug-likeness (QED) is 0.698. The molecule has 0 aromatic rings. The molecule has 2 N–H and O–H groups in total. The number of methoxy groups -OCH3 is 1. The van der Waals surface area contributed by atoms with E-state index >= 15 is 0 Å². The van der Waals surface area contributed by atoms with Crippen molar-refractivity contribution in [3.8, 4) is 0 Å². The van der Waals surface area contributed by atoms with Gasteiger partial charge in [0.1, 0.15) is 5.60 Å². The molecule has 0 aromatic carbocycles. The fraction of sp³-hybridized carbons (Fsp3) is 0.941. The number of unbranched alkanes of at least 4 members (excludes halogenated alkanes) is 1. The summed E-state index contributed by atoms with van der Waals surface area (Å²) in [6.07, 6.45) is 6.45. The molecule has 128 valence electrons. The van der Waals surface area contributed by atoms with Crippen molar-refractivity contribution in [1.29, 1.82) is 0 Å². The highest BCUT2D eigenvalue weighted by atomic mass is 16.5. The minimum absolute atomic E-state index is 0.0723. The summed E-state index contributed by atoms with van der Waals surface area (Å²) in [5.74, 6) is 0.915. The molecule has 2 heterocycles. The van der Waals surface area contributed by atoms with Gasteiger partial charge in [-0.05, 0) is 70.6 Å². The number of carbonyl (C=O) groups excluding carboxylic acids is 1. The summed E-state index contributed by atoms with van der Waals surface area (Å²) in [4.78, 5) is 15.0. The van der Waals surface area contributed by atoms with E-state index in [2.05, 4.69) is 22.5 Å². The number of nitrogens with zero attached hydrogens (tertiary/aromatic N) is 1. The van der Waals surface area contributed by atoms with Crippen LogP contribution < -0.4 is 10.6 Å². The molecule has 0 aliphatic carbocycles. The van der Waals surface area contributed by atoms with Crippen LogP contribution in [0.25, 0.3) is 0 Å². The molecular weight excluding hydrogens is 278 g/mol. The molecule has 0 bridgehead atoms. The summed E-state index contributed by atoms with van der Waals surface area (Å²) in [6.45, 7) is 8.47. The van der Waals surface area contributed by atoms with E-state index in [1.165, 1.54) is 32.5 Å². The highest BCUT2D eigenvalue weighted by Gasteiger charge is 2.39. The van der Waals surface area contributed by atoms with Crippen LogP contribution in [0.4, 0.5) is 0 Å². The lowest BCUT2D eigenvalue weighted by Gasteiger charge is -2.34. The van der Waals surface area contributed by atoms with Gasteiger partial charge >= 0.3 is 0 Å². The van der Waals surface area contributed by atoms with E-state index in [0.717, 1.165) is 51.2 Å². The Morgan fingerprint density at radius 2 is 2.14 bits per heavy atom. The fourth-order valence-corrected chi connectivity index (χ4v) is 3.67. The summed E-state index contributed by atoms with van der Waals surface area (Å²) < 4.78 is 5.54. The lowest BCUT2D eigenvalue weighted by atomic mass is 9.91. The maximum absolute atomic E-state index is 12.4. The third-order valence-corrected chi connectivity index (χ3v) is 5.14. The van der Waals surface area contributed by atoms with Gasteiger partial charge in [-0.25, -0.2) is 0 Å². The number of likely N-dealkylation sites (tertiary alicyclic amines) is 1. The molecule has 0 aromatic heterocycles. The van der Waals surface area contributed by atoms with Gasteiger partial charge in [0.05, 0.1) is 0 Å². The predicted octanol–water partition coefficient (Wildman–Crippen LogP) is 1.38. The lowest BCUT2D eigenvalue weighted by Crippen LogP contribution is -2.54. The molecule has 5 nitrogen and oxygen atoms in total. The van der Waals surface area contributed by atoms with Gasteiger partial charge in [0.2, 0.25) is 0 Å². The zero-order valence-corrected chi connectivity index (χ0v) is 14.3. The molecule has 2 fully saturated rings. The zero-order valence-electron chi connectivity index (χ0n) is 14.3. The number of piperidine rings is 2. The molecule has 2 rings (SSSR count). The van der Waals surface area contributed by atoms with E-state index in [1.54, 1.807) is 7.11 Å². The van der Waals surface area contributed by atoms with Crippen LogP contribution in [0.5, 0.6) is 0 Å². The van der Waals surface area contributed by atoms with Crippen LogP contribution in [0, 0.1) is 5.92 Å². The molecule has 0 spiro atoms. The van der Waals surface area contributed by atoms with Crippen molar-refractivity contribution in [2.45, 2.75) is 51.0 Å². The summed E-state index contributed by atoms with van der Waals surface area (Å²) in [6, 6.07) is 0. The highest BCUT2D eigenvalue weighted by Crippen LogP contribution is 2.22. The maximum atomic E-state index is 12.4. The summed E-state index contributed by atoms with van der Waals surface area (Å²) in [5.41, 5.74) is -0.604. The second-order valence-electron chi connectivity index (χ2n) is 6.96. The Hall–Kier alpha value is -0.650. The van der Waals surface area contributed by atoms with Crippen LogP contribution >= 0.6 is 0 Å². The van der Waals surface area contributed by atoms with E-state index < -0.39 is 5.60 Å². The Bertz CT molecular complexity index is 343. The number of nitrogens with one attached hydrogen (secondary N) is 2. The van der Waals surface area contributed by atoms with Crippen LogP contribution in [-0.2, 0) is 9.53 Å². The van der Waals surface area contributed by atoms with Crippen LogP contribution in [0.2, 0.25) is 0 Å². The number of ether oxygens (including phenoxy) is 1. The largest absolute Gasteiger partial charge is 0.368 e. The molecule has 0 radical (unpaired) electrons. The molecular formula is C17H33N3O2. The van der Waals surface area contributed by atoms with E-state index in [-0.39, 0.29) is 5.91 Å². The first-order valence-corrected chi connectivity index (χ1v) is 8.93. The molecule has 1 atom stereocenters. The van der Waals surface area contributed by atoms with Crippen molar-refractivity contribution in [2.24, 2.45) is 5.92 Å². The predicted molar refractivity (Wildman–Crippen MR) is 88.9 cm³/mol. The average Bonchev–Trinajstić information content (AvgIpc) is 2.55. The van der Waals surface area contributed by atoms with Gasteiger partial charge in [0.15, 0.2) is 0 Å². The minimum atomic E-state index is -0.604. The van der Waals surface area contributed by atoms with E-state index in [4.69, 9.17) is 4.74 Å². The van der Waals surface area contributed by atoms with Crippen molar-refractivity contribution in [3.05, 3.63) is 0 Å². The zero-order chi connectivity index (χ0) is 15.8. The Morgan fingerprint density at radius 1 is 1.36 bits per heavy atom. The summed E-state index contributed by atoms with van der Waals surface area (Å²) in [7, 11) is 1.66. The third kappa shape index (κ3) is 4.93. The smallest absolute Gasteiger partial charge is 0.252 e. The first-order valence-electron chi connectivity index (χ1n) is 8.93. The molecule has 2 aliphatic rings. The van der Waals surface area contributed by atoms with Gasteiger partial charge in [0.25, 0.3) is 5.91 Å². The first-order chi connectivity index (χ1) is 10.7. The topological polar surface area (TPSA) is 53.6 Å². The van der Waals surface area contributed by atoms with Crippen molar-refractivity contribution in [2.75, 3.05) is 46.4 Å².